The predicted molar refractivity (Wildman–Crippen MR) is 138 cm³/mol. The Balaban J connectivity index is 1.56. The number of ether oxygens (including phenoxy) is 3. The summed E-state index contributed by atoms with van der Waals surface area (Å²) in [6.45, 7) is 4.33. The summed E-state index contributed by atoms with van der Waals surface area (Å²) in [6, 6.07) is 7.91. The molecule has 0 saturated carbocycles. The molecule has 1 aliphatic rings. The van der Waals surface area contributed by atoms with Gasteiger partial charge in [0.2, 0.25) is 5.28 Å². The monoisotopic (exact) mass is 571 g/mol. The standard InChI is InChI=1S/C23H31ClN5O8P/c1-12-5-7-14(8-6-12)13(2)26-19-15-9-25-29(20(15)28-22(24)27-19)21-18(31)17(30)16(37-21)10-36-23(3,11-35-4)38(32,33)34/h5-9,13,16-18,21,30-31H,10-11H2,1-4H3,(H,26,27,28)(H2,32,33,34)/t13-,16+,17+,18+,21+,23?/m0/s1. The molecule has 13 nitrogen and oxygen atoms in total. The van der Waals surface area contributed by atoms with Crippen molar-refractivity contribution in [3.8, 4) is 0 Å². The molecule has 4 rings (SSSR count). The van der Waals surface area contributed by atoms with Gasteiger partial charge in [-0.25, -0.2) is 4.68 Å². The van der Waals surface area contributed by atoms with Crippen molar-refractivity contribution in [3.63, 3.8) is 0 Å². The number of nitrogens with zero attached hydrogens (tertiary/aromatic N) is 4. The normalized spacial score (nSPS) is 24.4. The number of rotatable bonds is 10. The zero-order valence-corrected chi connectivity index (χ0v) is 22.9. The van der Waals surface area contributed by atoms with E-state index >= 15 is 0 Å². The van der Waals surface area contributed by atoms with E-state index in [1.807, 2.05) is 38.1 Å². The summed E-state index contributed by atoms with van der Waals surface area (Å²) in [5.41, 5.74) is 2.42. The second-order valence-electron chi connectivity index (χ2n) is 9.45. The number of benzene rings is 1. The Kier molecular flexibility index (Phi) is 8.43. The van der Waals surface area contributed by atoms with Crippen LogP contribution in [0.4, 0.5) is 5.82 Å². The van der Waals surface area contributed by atoms with E-state index in [1.54, 1.807) is 0 Å². The number of halogens is 1. The fourth-order valence-corrected chi connectivity index (χ4v) is 4.85. The Hall–Kier alpha value is -2.19. The molecule has 2 aromatic heterocycles. The lowest BCUT2D eigenvalue weighted by atomic mass is 10.1. The van der Waals surface area contributed by atoms with E-state index in [2.05, 4.69) is 20.4 Å². The maximum absolute atomic E-state index is 11.9. The molecule has 0 bridgehead atoms. The summed E-state index contributed by atoms with van der Waals surface area (Å²) in [7, 11) is -3.47. The molecule has 0 radical (unpaired) electrons. The molecule has 0 spiro atoms. The minimum absolute atomic E-state index is 0.0669. The fraction of sp³-hybridized carbons (Fsp3) is 0.522. The highest BCUT2D eigenvalue weighted by Crippen LogP contribution is 2.51. The van der Waals surface area contributed by atoms with Gasteiger partial charge >= 0.3 is 7.60 Å². The lowest BCUT2D eigenvalue weighted by Gasteiger charge is -2.31. The highest BCUT2D eigenvalue weighted by molar-refractivity contribution is 7.53. The number of anilines is 1. The number of aliphatic hydroxyl groups excluding tert-OH is 2. The molecular weight excluding hydrogens is 541 g/mol. The first-order valence-electron chi connectivity index (χ1n) is 11.8. The molecule has 208 valence electrons. The molecule has 3 heterocycles. The molecule has 1 fully saturated rings. The third-order valence-corrected chi connectivity index (χ3v) is 8.18. The molecule has 1 aromatic carbocycles. The Bertz CT molecular complexity index is 1320. The second-order valence-corrected chi connectivity index (χ2v) is 11.8. The second kappa shape index (κ2) is 11.1. The topological polar surface area (TPSA) is 181 Å². The van der Waals surface area contributed by atoms with Crippen molar-refractivity contribution in [2.75, 3.05) is 25.6 Å². The minimum atomic E-state index is -4.74. The van der Waals surface area contributed by atoms with Crippen molar-refractivity contribution in [3.05, 3.63) is 46.9 Å². The van der Waals surface area contributed by atoms with E-state index in [1.165, 1.54) is 24.9 Å². The van der Waals surface area contributed by atoms with Gasteiger partial charge in [0.1, 0.15) is 24.1 Å². The zero-order valence-electron chi connectivity index (χ0n) is 21.2. The predicted octanol–water partition coefficient (Wildman–Crippen LogP) is 2.14. The Morgan fingerprint density at radius 3 is 2.55 bits per heavy atom. The zero-order chi connectivity index (χ0) is 27.8. The molecule has 0 aliphatic carbocycles. The van der Waals surface area contributed by atoms with Gasteiger partial charge < -0.3 is 39.5 Å². The van der Waals surface area contributed by atoms with E-state index in [-0.39, 0.29) is 17.0 Å². The minimum Gasteiger partial charge on any atom is -0.387 e. The molecule has 38 heavy (non-hydrogen) atoms. The van der Waals surface area contributed by atoms with Crippen molar-refractivity contribution in [2.45, 2.75) is 56.7 Å². The fourth-order valence-electron chi connectivity index (χ4n) is 4.15. The van der Waals surface area contributed by atoms with Gasteiger partial charge in [-0.05, 0) is 37.9 Å². The van der Waals surface area contributed by atoms with Crippen LogP contribution in [0.1, 0.15) is 37.2 Å². The number of aliphatic hydroxyl groups is 2. The van der Waals surface area contributed by atoms with E-state index < -0.39 is 50.7 Å². The summed E-state index contributed by atoms with van der Waals surface area (Å²) in [6.07, 6.45) is -3.72. The number of hydrogen-bond acceptors (Lipinski definition) is 10. The van der Waals surface area contributed by atoms with E-state index in [9.17, 15) is 24.6 Å². The van der Waals surface area contributed by atoms with Crippen LogP contribution in [-0.2, 0) is 18.8 Å². The van der Waals surface area contributed by atoms with Crippen LogP contribution in [0, 0.1) is 6.92 Å². The third-order valence-electron chi connectivity index (χ3n) is 6.52. The quantitative estimate of drug-likeness (QED) is 0.177. The number of fused-ring (bicyclic) bond motifs is 1. The van der Waals surface area contributed by atoms with Gasteiger partial charge in [0.25, 0.3) is 0 Å². The molecule has 0 amide bonds. The summed E-state index contributed by atoms with van der Waals surface area (Å²) in [5, 5.41) is 27.4. The van der Waals surface area contributed by atoms with Gasteiger partial charge in [-0.2, -0.15) is 15.1 Å². The summed E-state index contributed by atoms with van der Waals surface area (Å²) < 4.78 is 29.4. The Labute approximate surface area is 223 Å². The van der Waals surface area contributed by atoms with E-state index in [0.717, 1.165) is 11.1 Å². The van der Waals surface area contributed by atoms with Crippen molar-refractivity contribution < 1.29 is 38.8 Å². The first-order chi connectivity index (χ1) is 17.8. The number of aryl methyl sites for hydroxylation is 1. The highest BCUT2D eigenvalue weighted by Gasteiger charge is 2.49. The number of aromatic nitrogens is 4. The van der Waals surface area contributed by atoms with Gasteiger partial charge in [0.15, 0.2) is 17.2 Å². The number of nitrogens with one attached hydrogen (secondary N) is 1. The van der Waals surface area contributed by atoms with Gasteiger partial charge in [-0.3, -0.25) is 4.57 Å². The number of methoxy groups -OCH3 is 1. The molecule has 1 unspecified atom stereocenters. The maximum Gasteiger partial charge on any atom is 0.359 e. The van der Waals surface area contributed by atoms with Gasteiger partial charge in [-0.15, -0.1) is 0 Å². The lowest BCUT2D eigenvalue weighted by Crippen LogP contribution is -2.40. The molecule has 1 saturated heterocycles. The average molecular weight is 572 g/mol. The molecule has 6 atom stereocenters. The van der Waals surface area contributed by atoms with E-state index in [4.69, 9.17) is 25.8 Å². The van der Waals surface area contributed by atoms with Crippen LogP contribution in [0.3, 0.4) is 0 Å². The van der Waals surface area contributed by atoms with Crippen molar-refractivity contribution in [1.29, 1.82) is 0 Å². The van der Waals surface area contributed by atoms with Crippen molar-refractivity contribution >= 4 is 36.0 Å². The summed E-state index contributed by atoms with van der Waals surface area (Å²) >= 11 is 6.21. The van der Waals surface area contributed by atoms with Gasteiger partial charge in [0, 0.05) is 13.2 Å². The van der Waals surface area contributed by atoms with Crippen LogP contribution >= 0.6 is 19.2 Å². The van der Waals surface area contributed by atoms with Crippen molar-refractivity contribution in [1.82, 2.24) is 19.7 Å². The molecule has 1 aliphatic heterocycles. The molecule has 5 N–H and O–H groups in total. The molecule has 15 heteroatoms. The highest BCUT2D eigenvalue weighted by atomic mass is 35.5. The molecular formula is C23H31ClN5O8P. The smallest absolute Gasteiger partial charge is 0.359 e. The summed E-state index contributed by atoms with van der Waals surface area (Å²) in [4.78, 5) is 27.9. The van der Waals surface area contributed by atoms with E-state index in [0.29, 0.717) is 11.2 Å². The van der Waals surface area contributed by atoms with Crippen LogP contribution < -0.4 is 5.32 Å². The SMILES string of the molecule is COCC(C)(OC[C@H]1O[C@@H](n2ncc3c(N[C@@H](C)c4ccc(C)cc4)nc(Cl)nc32)[C@H](O)[C@@H]1O)P(=O)(O)O. The first kappa shape index (κ1) is 28.8. The Morgan fingerprint density at radius 2 is 1.92 bits per heavy atom. The van der Waals surface area contributed by atoms with Gasteiger partial charge in [0.05, 0.1) is 24.8 Å². The largest absolute Gasteiger partial charge is 0.387 e. The lowest BCUT2D eigenvalue weighted by molar-refractivity contribution is -0.107. The average Bonchev–Trinajstić information content (AvgIpc) is 3.38. The maximum atomic E-state index is 11.9. The van der Waals surface area contributed by atoms with Crippen LogP contribution in [0.2, 0.25) is 5.28 Å². The summed E-state index contributed by atoms with van der Waals surface area (Å²) in [5.74, 6) is 0.421. The van der Waals surface area contributed by atoms with Crippen LogP contribution in [0.15, 0.2) is 30.5 Å². The first-order valence-corrected chi connectivity index (χ1v) is 13.8. The van der Waals surface area contributed by atoms with Crippen LogP contribution in [0.25, 0.3) is 11.0 Å². The third kappa shape index (κ3) is 5.71. The van der Waals surface area contributed by atoms with Gasteiger partial charge in [-0.1, -0.05) is 29.8 Å². The molecule has 3 aromatic rings. The number of hydrogen-bond donors (Lipinski definition) is 5. The van der Waals surface area contributed by atoms with Crippen LogP contribution in [-0.4, -0.2) is 83.7 Å². The van der Waals surface area contributed by atoms with Crippen molar-refractivity contribution in [2.24, 2.45) is 0 Å². The Morgan fingerprint density at radius 1 is 1.24 bits per heavy atom. The van der Waals surface area contributed by atoms with Crippen LogP contribution in [0.5, 0.6) is 0 Å².